The number of hydrogen-bond donors (Lipinski definition) is 0. The lowest BCUT2D eigenvalue weighted by Gasteiger charge is -2.05. The maximum Gasteiger partial charge on any atom is 0.337 e. The fourth-order valence-corrected chi connectivity index (χ4v) is 2.21. The molecule has 0 saturated heterocycles. The molecule has 0 amide bonds. The summed E-state index contributed by atoms with van der Waals surface area (Å²) in [7, 11) is 1.38. The molecule has 0 atom stereocenters. The maximum absolute atomic E-state index is 11.6. The zero-order valence-electron chi connectivity index (χ0n) is 11.1. The van der Waals surface area contributed by atoms with Gasteiger partial charge in [-0.05, 0) is 23.8 Å². The van der Waals surface area contributed by atoms with Crippen molar-refractivity contribution in [3.05, 3.63) is 66.0 Å². The molecule has 20 heavy (non-hydrogen) atoms. The average Bonchev–Trinajstić information content (AvgIpc) is 2.90. The third-order valence-electron chi connectivity index (χ3n) is 3.24. The summed E-state index contributed by atoms with van der Waals surface area (Å²) in [5, 5.41) is 0. The van der Waals surface area contributed by atoms with Gasteiger partial charge in [-0.2, -0.15) is 0 Å². The molecule has 0 saturated carbocycles. The summed E-state index contributed by atoms with van der Waals surface area (Å²) in [6.07, 6.45) is 1.79. The summed E-state index contributed by atoms with van der Waals surface area (Å²) in [5.74, 6) is -0.334. The number of esters is 1. The number of carbonyl (C=O) groups excluding carboxylic acids is 1. The highest BCUT2D eigenvalue weighted by atomic mass is 16.5. The van der Waals surface area contributed by atoms with Crippen LogP contribution in [0.15, 0.2) is 54.9 Å². The molecule has 0 aliphatic heterocycles. The minimum absolute atomic E-state index is 0.334. The molecule has 1 heterocycles. The topological polar surface area (TPSA) is 44.1 Å². The second-order valence-corrected chi connectivity index (χ2v) is 4.55. The van der Waals surface area contributed by atoms with Crippen molar-refractivity contribution in [2.75, 3.05) is 7.11 Å². The first-order chi connectivity index (χ1) is 9.78. The van der Waals surface area contributed by atoms with Crippen LogP contribution in [0.1, 0.15) is 15.9 Å². The predicted octanol–water partition coefficient (Wildman–Crippen LogP) is 2.87. The summed E-state index contributed by atoms with van der Waals surface area (Å²) in [5.41, 5.74) is 3.52. The van der Waals surface area contributed by atoms with Crippen molar-refractivity contribution in [1.82, 2.24) is 9.55 Å². The van der Waals surface area contributed by atoms with Gasteiger partial charge >= 0.3 is 5.97 Å². The van der Waals surface area contributed by atoms with E-state index >= 15 is 0 Å². The number of fused-ring (bicyclic) bond motifs is 1. The molecule has 4 nitrogen and oxygen atoms in total. The summed E-state index contributed by atoms with van der Waals surface area (Å²) < 4.78 is 6.78. The number of rotatable bonds is 3. The van der Waals surface area contributed by atoms with E-state index in [0.717, 1.165) is 17.6 Å². The summed E-state index contributed by atoms with van der Waals surface area (Å²) in [6.45, 7) is 0.724. The van der Waals surface area contributed by atoms with Crippen LogP contribution in [0.25, 0.3) is 11.0 Å². The highest BCUT2D eigenvalue weighted by molar-refractivity contribution is 5.93. The third-order valence-corrected chi connectivity index (χ3v) is 3.24. The van der Waals surface area contributed by atoms with Crippen LogP contribution in [-0.4, -0.2) is 22.6 Å². The molecule has 1 aromatic heterocycles. The summed E-state index contributed by atoms with van der Waals surface area (Å²) >= 11 is 0. The number of methoxy groups -OCH3 is 1. The van der Waals surface area contributed by atoms with Crippen molar-refractivity contribution >= 4 is 17.0 Å². The van der Waals surface area contributed by atoms with Gasteiger partial charge in [-0.1, -0.05) is 30.3 Å². The van der Waals surface area contributed by atoms with E-state index < -0.39 is 0 Å². The van der Waals surface area contributed by atoms with Crippen LogP contribution in [0.4, 0.5) is 0 Å². The Morgan fingerprint density at radius 1 is 1.20 bits per heavy atom. The maximum atomic E-state index is 11.6. The Morgan fingerprint density at radius 3 is 2.75 bits per heavy atom. The molecule has 0 N–H and O–H groups in total. The van der Waals surface area contributed by atoms with E-state index in [0.29, 0.717) is 5.56 Å². The van der Waals surface area contributed by atoms with E-state index in [2.05, 4.69) is 17.1 Å². The van der Waals surface area contributed by atoms with Gasteiger partial charge in [-0.25, -0.2) is 9.78 Å². The van der Waals surface area contributed by atoms with Crippen molar-refractivity contribution in [3.8, 4) is 0 Å². The predicted molar refractivity (Wildman–Crippen MR) is 76.6 cm³/mol. The number of aromatic nitrogens is 2. The van der Waals surface area contributed by atoms with Crippen LogP contribution in [0, 0.1) is 0 Å². The molecule has 0 fully saturated rings. The van der Waals surface area contributed by atoms with Crippen molar-refractivity contribution < 1.29 is 9.53 Å². The third kappa shape index (κ3) is 2.28. The number of imidazole rings is 1. The average molecular weight is 266 g/mol. The van der Waals surface area contributed by atoms with Crippen LogP contribution in [0.5, 0.6) is 0 Å². The minimum Gasteiger partial charge on any atom is -0.465 e. The van der Waals surface area contributed by atoms with Crippen LogP contribution in [0.3, 0.4) is 0 Å². The van der Waals surface area contributed by atoms with E-state index in [1.807, 2.05) is 34.9 Å². The minimum atomic E-state index is -0.334. The SMILES string of the molecule is COC(=O)c1ccc2ncn(Cc3ccccc3)c2c1. The summed E-state index contributed by atoms with van der Waals surface area (Å²) in [6, 6.07) is 15.5. The van der Waals surface area contributed by atoms with E-state index in [1.165, 1.54) is 12.7 Å². The standard InChI is InChI=1S/C16H14N2O2/c1-20-16(19)13-7-8-14-15(9-13)18(11-17-14)10-12-5-3-2-4-6-12/h2-9,11H,10H2,1H3. The molecule has 0 radical (unpaired) electrons. The quantitative estimate of drug-likeness (QED) is 0.685. The van der Waals surface area contributed by atoms with E-state index in [9.17, 15) is 4.79 Å². The summed E-state index contributed by atoms with van der Waals surface area (Å²) in [4.78, 5) is 15.9. The fraction of sp³-hybridized carbons (Fsp3) is 0.125. The molecule has 0 aliphatic rings. The number of ether oxygens (including phenoxy) is 1. The van der Waals surface area contributed by atoms with Crippen LogP contribution in [-0.2, 0) is 11.3 Å². The Morgan fingerprint density at radius 2 is 2.00 bits per heavy atom. The van der Waals surface area contributed by atoms with Crippen molar-refractivity contribution in [2.45, 2.75) is 6.54 Å². The molecule has 100 valence electrons. The van der Waals surface area contributed by atoms with Gasteiger partial charge in [0, 0.05) is 6.54 Å². The second-order valence-electron chi connectivity index (χ2n) is 4.55. The van der Waals surface area contributed by atoms with Crippen LogP contribution < -0.4 is 0 Å². The van der Waals surface area contributed by atoms with Gasteiger partial charge < -0.3 is 9.30 Å². The van der Waals surface area contributed by atoms with Gasteiger partial charge in [-0.15, -0.1) is 0 Å². The molecule has 0 unspecified atom stereocenters. The first-order valence-corrected chi connectivity index (χ1v) is 6.35. The molecule has 3 aromatic rings. The van der Waals surface area contributed by atoms with Crippen molar-refractivity contribution in [3.63, 3.8) is 0 Å². The van der Waals surface area contributed by atoms with Gasteiger partial charge in [0.1, 0.15) is 0 Å². The highest BCUT2D eigenvalue weighted by Gasteiger charge is 2.09. The van der Waals surface area contributed by atoms with Gasteiger partial charge in [-0.3, -0.25) is 0 Å². The molecular weight excluding hydrogens is 252 g/mol. The highest BCUT2D eigenvalue weighted by Crippen LogP contribution is 2.17. The molecule has 2 aromatic carbocycles. The van der Waals surface area contributed by atoms with E-state index in [1.54, 1.807) is 12.4 Å². The van der Waals surface area contributed by atoms with Crippen LogP contribution >= 0.6 is 0 Å². The molecule has 0 bridgehead atoms. The Bertz CT molecular complexity index is 748. The first kappa shape index (κ1) is 12.4. The monoisotopic (exact) mass is 266 g/mol. The largest absolute Gasteiger partial charge is 0.465 e. The van der Waals surface area contributed by atoms with Gasteiger partial charge in [0.05, 0.1) is 30.0 Å². The second kappa shape index (κ2) is 5.17. The van der Waals surface area contributed by atoms with E-state index in [4.69, 9.17) is 4.74 Å². The number of hydrogen-bond acceptors (Lipinski definition) is 3. The molecule has 0 spiro atoms. The Labute approximate surface area is 116 Å². The lowest BCUT2D eigenvalue weighted by molar-refractivity contribution is 0.0601. The Hall–Kier alpha value is -2.62. The number of benzene rings is 2. The van der Waals surface area contributed by atoms with E-state index in [-0.39, 0.29) is 5.97 Å². The lowest BCUT2D eigenvalue weighted by Crippen LogP contribution is -2.02. The van der Waals surface area contributed by atoms with Crippen molar-refractivity contribution in [2.24, 2.45) is 0 Å². The smallest absolute Gasteiger partial charge is 0.337 e. The molecule has 0 aliphatic carbocycles. The molecule has 3 rings (SSSR count). The lowest BCUT2D eigenvalue weighted by atomic mass is 10.2. The number of nitrogens with zero attached hydrogens (tertiary/aromatic N) is 2. The molecule has 4 heteroatoms. The molecular formula is C16H14N2O2. The van der Waals surface area contributed by atoms with Crippen LogP contribution in [0.2, 0.25) is 0 Å². The fourth-order valence-electron chi connectivity index (χ4n) is 2.21. The van der Waals surface area contributed by atoms with Gasteiger partial charge in [0.15, 0.2) is 0 Å². The van der Waals surface area contributed by atoms with Gasteiger partial charge in [0.25, 0.3) is 0 Å². The zero-order chi connectivity index (χ0) is 13.9. The first-order valence-electron chi connectivity index (χ1n) is 6.35. The normalized spacial score (nSPS) is 10.7. The number of carbonyl (C=O) groups is 1. The Balaban J connectivity index is 2.01. The zero-order valence-corrected chi connectivity index (χ0v) is 11.1. The van der Waals surface area contributed by atoms with Gasteiger partial charge in [0.2, 0.25) is 0 Å². The Kier molecular flexibility index (Phi) is 3.21. The van der Waals surface area contributed by atoms with Crippen molar-refractivity contribution in [1.29, 1.82) is 0 Å².